The first-order valence-corrected chi connectivity index (χ1v) is 5.04. The van der Waals surface area contributed by atoms with Crippen molar-refractivity contribution in [3.05, 3.63) is 0 Å². The summed E-state index contributed by atoms with van der Waals surface area (Å²) in [6, 6.07) is 0. The Kier molecular flexibility index (Phi) is 4.55. The second-order valence-electron chi connectivity index (χ2n) is 3.58. The summed E-state index contributed by atoms with van der Waals surface area (Å²) in [5, 5.41) is 0. The van der Waals surface area contributed by atoms with Gasteiger partial charge in [-0.05, 0) is 12.8 Å². The van der Waals surface area contributed by atoms with Gasteiger partial charge < -0.3 is 4.74 Å². The van der Waals surface area contributed by atoms with Gasteiger partial charge in [0.1, 0.15) is 0 Å². The van der Waals surface area contributed by atoms with Crippen molar-refractivity contribution in [1.82, 2.24) is 5.48 Å². The van der Waals surface area contributed by atoms with Gasteiger partial charge in [0.25, 0.3) is 0 Å². The van der Waals surface area contributed by atoms with Crippen molar-refractivity contribution in [2.75, 3.05) is 13.2 Å². The first kappa shape index (κ1) is 13.2. The van der Waals surface area contributed by atoms with Crippen LogP contribution in [0.2, 0.25) is 0 Å². The number of amides is 1. The fourth-order valence-corrected chi connectivity index (χ4v) is 1.62. The molecule has 4 nitrogen and oxygen atoms in total. The minimum atomic E-state index is -4.44. The van der Waals surface area contributed by atoms with Crippen molar-refractivity contribution in [2.45, 2.75) is 32.0 Å². The molecule has 0 radical (unpaired) electrons. The van der Waals surface area contributed by atoms with Gasteiger partial charge in [-0.2, -0.15) is 13.2 Å². The van der Waals surface area contributed by atoms with E-state index in [9.17, 15) is 18.0 Å². The van der Waals surface area contributed by atoms with Crippen molar-refractivity contribution in [2.24, 2.45) is 5.92 Å². The van der Waals surface area contributed by atoms with Crippen LogP contribution in [0.3, 0.4) is 0 Å². The van der Waals surface area contributed by atoms with Crippen LogP contribution in [0, 0.1) is 5.92 Å². The lowest BCUT2D eigenvalue weighted by molar-refractivity contribution is -0.193. The van der Waals surface area contributed by atoms with Gasteiger partial charge in [0, 0.05) is 6.61 Å². The Bertz CT molecular complexity index is 245. The standard InChI is InChI=1S/C9H14F3NO3/c1-2-7-6(3-4-15-7)8(14)13-16-5-9(10,11)12/h6-7H,2-5H2,1H3,(H,13,14). The zero-order valence-electron chi connectivity index (χ0n) is 8.84. The van der Waals surface area contributed by atoms with Crippen molar-refractivity contribution in [1.29, 1.82) is 0 Å². The predicted molar refractivity (Wildman–Crippen MR) is 48.3 cm³/mol. The second kappa shape index (κ2) is 5.49. The molecule has 1 heterocycles. The molecular formula is C9H14F3NO3. The molecule has 7 heteroatoms. The van der Waals surface area contributed by atoms with E-state index in [1.54, 1.807) is 5.48 Å². The molecule has 0 aromatic carbocycles. The number of hydrogen-bond donors (Lipinski definition) is 1. The monoisotopic (exact) mass is 241 g/mol. The van der Waals surface area contributed by atoms with Crippen LogP contribution in [0.15, 0.2) is 0 Å². The Morgan fingerprint density at radius 1 is 1.56 bits per heavy atom. The molecule has 1 amide bonds. The molecule has 1 aliphatic heterocycles. The summed E-state index contributed by atoms with van der Waals surface area (Å²) >= 11 is 0. The first-order valence-electron chi connectivity index (χ1n) is 5.04. The minimum absolute atomic E-state index is 0.227. The van der Waals surface area contributed by atoms with E-state index in [1.165, 1.54) is 0 Å². The second-order valence-corrected chi connectivity index (χ2v) is 3.58. The maximum Gasteiger partial charge on any atom is 0.414 e. The Balaban J connectivity index is 2.29. The maximum absolute atomic E-state index is 11.7. The van der Waals surface area contributed by atoms with Gasteiger partial charge in [0.2, 0.25) is 5.91 Å². The normalized spacial score (nSPS) is 25.8. The molecule has 1 rings (SSSR count). The lowest BCUT2D eigenvalue weighted by Crippen LogP contribution is -2.37. The zero-order chi connectivity index (χ0) is 12.2. The molecule has 1 fully saturated rings. The number of halogens is 3. The number of hydrogen-bond acceptors (Lipinski definition) is 3. The Labute approximate surface area is 91.0 Å². The van der Waals surface area contributed by atoms with Gasteiger partial charge >= 0.3 is 6.18 Å². The van der Waals surface area contributed by atoms with Crippen LogP contribution in [0.1, 0.15) is 19.8 Å². The highest BCUT2D eigenvalue weighted by Gasteiger charge is 2.34. The maximum atomic E-state index is 11.7. The van der Waals surface area contributed by atoms with Gasteiger partial charge in [-0.25, -0.2) is 5.48 Å². The summed E-state index contributed by atoms with van der Waals surface area (Å²) in [5.74, 6) is -0.966. The Hall–Kier alpha value is -0.820. The smallest absolute Gasteiger partial charge is 0.377 e. The molecule has 2 unspecified atom stereocenters. The highest BCUT2D eigenvalue weighted by atomic mass is 19.4. The molecule has 2 atom stereocenters. The Morgan fingerprint density at radius 3 is 2.81 bits per heavy atom. The average molecular weight is 241 g/mol. The van der Waals surface area contributed by atoms with Crippen LogP contribution in [0.4, 0.5) is 13.2 Å². The number of hydroxylamine groups is 1. The molecule has 0 bridgehead atoms. The Morgan fingerprint density at radius 2 is 2.25 bits per heavy atom. The van der Waals surface area contributed by atoms with Crippen molar-refractivity contribution < 1.29 is 27.5 Å². The zero-order valence-corrected chi connectivity index (χ0v) is 8.84. The van der Waals surface area contributed by atoms with E-state index in [2.05, 4.69) is 4.84 Å². The summed E-state index contributed by atoms with van der Waals surface area (Å²) in [4.78, 5) is 15.5. The van der Waals surface area contributed by atoms with Gasteiger partial charge in [0.15, 0.2) is 6.61 Å². The van der Waals surface area contributed by atoms with E-state index < -0.39 is 24.6 Å². The van der Waals surface area contributed by atoms with E-state index in [1.807, 2.05) is 6.92 Å². The summed E-state index contributed by atoms with van der Waals surface area (Å²) < 4.78 is 40.4. The molecule has 0 aromatic heterocycles. The summed E-state index contributed by atoms with van der Waals surface area (Å²) in [5.41, 5.74) is 1.81. The van der Waals surface area contributed by atoms with E-state index in [0.717, 1.165) is 0 Å². The SMILES string of the molecule is CCC1OCCC1C(=O)NOCC(F)(F)F. The third kappa shape index (κ3) is 3.97. The molecule has 1 N–H and O–H groups in total. The molecule has 1 saturated heterocycles. The number of carbonyl (C=O) groups is 1. The summed E-state index contributed by atoms with van der Waals surface area (Å²) in [6.45, 7) is 0.825. The molecule has 1 aliphatic rings. The number of rotatable bonds is 4. The third-order valence-electron chi connectivity index (χ3n) is 2.36. The third-order valence-corrected chi connectivity index (χ3v) is 2.36. The number of nitrogens with one attached hydrogen (secondary N) is 1. The molecule has 94 valence electrons. The number of ether oxygens (including phenoxy) is 1. The molecule has 0 spiro atoms. The van der Waals surface area contributed by atoms with Crippen LogP contribution in [-0.2, 0) is 14.4 Å². The molecule has 16 heavy (non-hydrogen) atoms. The quantitative estimate of drug-likeness (QED) is 0.757. The van der Waals surface area contributed by atoms with Crippen molar-refractivity contribution in [3.8, 4) is 0 Å². The van der Waals surface area contributed by atoms with Gasteiger partial charge in [0.05, 0.1) is 12.0 Å². The van der Waals surface area contributed by atoms with Gasteiger partial charge in [-0.3, -0.25) is 9.63 Å². The minimum Gasteiger partial charge on any atom is -0.377 e. The fraction of sp³-hybridized carbons (Fsp3) is 0.889. The van der Waals surface area contributed by atoms with E-state index in [4.69, 9.17) is 4.74 Å². The van der Waals surface area contributed by atoms with Crippen molar-refractivity contribution >= 4 is 5.91 Å². The lowest BCUT2D eigenvalue weighted by atomic mass is 9.99. The van der Waals surface area contributed by atoms with Crippen LogP contribution in [-0.4, -0.2) is 31.4 Å². The molecule has 0 saturated carbocycles. The van der Waals surface area contributed by atoms with Crippen LogP contribution in [0.25, 0.3) is 0 Å². The van der Waals surface area contributed by atoms with Crippen LogP contribution >= 0.6 is 0 Å². The van der Waals surface area contributed by atoms with E-state index in [-0.39, 0.29) is 6.10 Å². The summed E-state index contributed by atoms with van der Waals surface area (Å²) in [6.07, 6.45) is -3.50. The van der Waals surface area contributed by atoms with Gasteiger partial charge in [-0.15, -0.1) is 0 Å². The number of carbonyl (C=O) groups excluding carboxylic acids is 1. The first-order chi connectivity index (χ1) is 7.44. The van der Waals surface area contributed by atoms with E-state index >= 15 is 0 Å². The van der Waals surface area contributed by atoms with Gasteiger partial charge in [-0.1, -0.05) is 6.92 Å². The number of alkyl halides is 3. The van der Waals surface area contributed by atoms with Crippen molar-refractivity contribution in [3.63, 3.8) is 0 Å². The molecule has 0 aliphatic carbocycles. The fourth-order valence-electron chi connectivity index (χ4n) is 1.62. The van der Waals surface area contributed by atoms with Crippen LogP contribution < -0.4 is 5.48 Å². The summed E-state index contributed by atoms with van der Waals surface area (Å²) in [7, 11) is 0. The highest BCUT2D eigenvalue weighted by Crippen LogP contribution is 2.23. The molecular weight excluding hydrogens is 227 g/mol. The average Bonchev–Trinajstić information content (AvgIpc) is 2.63. The topological polar surface area (TPSA) is 47.6 Å². The predicted octanol–water partition coefficient (Wildman–Crippen LogP) is 1.41. The van der Waals surface area contributed by atoms with Crippen LogP contribution in [0.5, 0.6) is 0 Å². The lowest BCUT2D eigenvalue weighted by Gasteiger charge is -2.16. The molecule has 0 aromatic rings. The largest absolute Gasteiger partial charge is 0.414 e. The van der Waals surface area contributed by atoms with E-state index in [0.29, 0.717) is 19.4 Å². The highest BCUT2D eigenvalue weighted by molar-refractivity contribution is 5.78.